The van der Waals surface area contributed by atoms with Crippen LogP contribution in [0.3, 0.4) is 0 Å². The van der Waals surface area contributed by atoms with E-state index in [4.69, 9.17) is 21.3 Å². The van der Waals surface area contributed by atoms with Crippen molar-refractivity contribution in [2.24, 2.45) is 10.9 Å². The van der Waals surface area contributed by atoms with Crippen LogP contribution < -0.4 is 5.32 Å². The number of halogens is 1. The topological polar surface area (TPSA) is 53.9 Å². The number of ether oxygens (including phenoxy) is 1. The lowest BCUT2D eigenvalue weighted by atomic mass is 9.97. The predicted octanol–water partition coefficient (Wildman–Crippen LogP) is 3.28. The van der Waals surface area contributed by atoms with Crippen molar-refractivity contribution in [3.8, 4) is 0 Å². The maximum atomic E-state index is 11.6. The molecular formula is C18H26ClN3O2S. The van der Waals surface area contributed by atoms with Crippen LogP contribution in [0.5, 0.6) is 0 Å². The minimum absolute atomic E-state index is 0.0181. The summed E-state index contributed by atoms with van der Waals surface area (Å²) in [4.78, 5) is 19.8. The van der Waals surface area contributed by atoms with Crippen LogP contribution in [-0.2, 0) is 9.53 Å². The van der Waals surface area contributed by atoms with Gasteiger partial charge in [-0.1, -0.05) is 11.6 Å². The average Bonchev–Trinajstić information content (AvgIpc) is 2.65. The number of nitrogens with zero attached hydrogens (tertiary/aromatic N) is 2. The fourth-order valence-corrected chi connectivity index (χ4v) is 3.64. The number of piperidine rings is 1. The highest BCUT2D eigenvalue weighted by Gasteiger charge is 2.26. The van der Waals surface area contributed by atoms with Gasteiger partial charge in [-0.3, -0.25) is 9.79 Å². The largest absolute Gasteiger partial charge is 0.469 e. The molecule has 1 aliphatic rings. The van der Waals surface area contributed by atoms with Crippen LogP contribution in [-0.4, -0.2) is 55.9 Å². The highest BCUT2D eigenvalue weighted by molar-refractivity contribution is 7.99. The van der Waals surface area contributed by atoms with E-state index in [1.54, 1.807) is 11.8 Å². The van der Waals surface area contributed by atoms with Crippen LogP contribution in [0.2, 0.25) is 5.02 Å². The molecule has 1 aromatic rings. The lowest BCUT2D eigenvalue weighted by Crippen LogP contribution is -2.46. The Balaban J connectivity index is 1.82. The Labute approximate surface area is 159 Å². The molecule has 5 nitrogen and oxygen atoms in total. The van der Waals surface area contributed by atoms with Crippen molar-refractivity contribution in [3.63, 3.8) is 0 Å². The smallest absolute Gasteiger partial charge is 0.308 e. The molecule has 2 rings (SSSR count). The Morgan fingerprint density at radius 3 is 2.64 bits per heavy atom. The van der Waals surface area contributed by atoms with E-state index in [1.165, 1.54) is 12.0 Å². The molecule has 0 bridgehead atoms. The summed E-state index contributed by atoms with van der Waals surface area (Å²) < 4.78 is 4.85. The van der Waals surface area contributed by atoms with Crippen molar-refractivity contribution < 1.29 is 9.53 Å². The normalized spacial score (nSPS) is 16.0. The number of rotatable bonds is 6. The molecule has 0 aliphatic carbocycles. The number of carbonyl (C=O) groups is 1. The summed E-state index contributed by atoms with van der Waals surface area (Å²) in [6, 6.07) is 7.87. The number of thioether (sulfide) groups is 1. The summed E-state index contributed by atoms with van der Waals surface area (Å²) in [7, 11) is 1.46. The van der Waals surface area contributed by atoms with Gasteiger partial charge in [0, 0.05) is 35.3 Å². The van der Waals surface area contributed by atoms with E-state index < -0.39 is 0 Å². The summed E-state index contributed by atoms with van der Waals surface area (Å²) in [6.45, 7) is 5.30. The van der Waals surface area contributed by atoms with Gasteiger partial charge in [-0.05, 0) is 44.0 Å². The highest BCUT2D eigenvalue weighted by atomic mass is 35.5. The third kappa shape index (κ3) is 6.44. The summed E-state index contributed by atoms with van der Waals surface area (Å²) in [6.07, 6.45) is 1.63. The Bertz CT molecular complexity index is 572. The maximum Gasteiger partial charge on any atom is 0.308 e. The minimum atomic E-state index is -0.0963. The van der Waals surface area contributed by atoms with E-state index in [0.29, 0.717) is 0 Å². The number of hydrogen-bond donors (Lipinski definition) is 1. The van der Waals surface area contributed by atoms with Gasteiger partial charge >= 0.3 is 5.97 Å². The van der Waals surface area contributed by atoms with Crippen molar-refractivity contribution in [3.05, 3.63) is 29.3 Å². The molecule has 1 aliphatic heterocycles. The first-order valence-electron chi connectivity index (χ1n) is 8.63. The van der Waals surface area contributed by atoms with Gasteiger partial charge in [-0.2, -0.15) is 0 Å². The van der Waals surface area contributed by atoms with E-state index in [-0.39, 0.29) is 11.9 Å². The molecule has 25 heavy (non-hydrogen) atoms. The number of guanidine groups is 1. The van der Waals surface area contributed by atoms with Gasteiger partial charge in [0.2, 0.25) is 0 Å². The van der Waals surface area contributed by atoms with Crippen molar-refractivity contribution in [1.29, 1.82) is 0 Å². The molecule has 0 saturated carbocycles. The fraction of sp³-hybridized carbons (Fsp3) is 0.556. The predicted molar refractivity (Wildman–Crippen MR) is 104 cm³/mol. The van der Waals surface area contributed by atoms with E-state index in [2.05, 4.69) is 17.1 Å². The number of esters is 1. The summed E-state index contributed by atoms with van der Waals surface area (Å²) in [5.41, 5.74) is 0. The number of methoxy groups -OCH3 is 1. The number of aliphatic imine (C=N–C) groups is 1. The van der Waals surface area contributed by atoms with Crippen molar-refractivity contribution in [2.45, 2.75) is 24.7 Å². The van der Waals surface area contributed by atoms with Crippen LogP contribution in [0.25, 0.3) is 0 Å². The van der Waals surface area contributed by atoms with Crippen molar-refractivity contribution >= 4 is 35.3 Å². The Morgan fingerprint density at radius 2 is 2.04 bits per heavy atom. The van der Waals surface area contributed by atoms with Gasteiger partial charge in [0.05, 0.1) is 19.6 Å². The fourth-order valence-electron chi connectivity index (χ4n) is 2.77. The summed E-state index contributed by atoms with van der Waals surface area (Å²) in [5, 5.41) is 4.11. The lowest BCUT2D eigenvalue weighted by Gasteiger charge is -2.33. The second-order valence-electron chi connectivity index (χ2n) is 5.82. The molecule has 7 heteroatoms. The van der Waals surface area contributed by atoms with Gasteiger partial charge in [0.15, 0.2) is 5.96 Å². The Kier molecular flexibility index (Phi) is 8.41. The van der Waals surface area contributed by atoms with Crippen LogP contribution in [0.4, 0.5) is 0 Å². The molecule has 138 valence electrons. The van der Waals surface area contributed by atoms with Gasteiger partial charge < -0.3 is 15.0 Å². The number of nitrogens with one attached hydrogen (secondary N) is 1. The second-order valence-corrected chi connectivity index (χ2v) is 7.43. The van der Waals surface area contributed by atoms with Gasteiger partial charge in [-0.25, -0.2) is 0 Å². The van der Waals surface area contributed by atoms with Gasteiger partial charge in [-0.15, -0.1) is 11.8 Å². The van der Waals surface area contributed by atoms with E-state index in [9.17, 15) is 4.79 Å². The highest BCUT2D eigenvalue weighted by Crippen LogP contribution is 2.21. The molecule has 1 saturated heterocycles. The first kappa shape index (κ1) is 19.9. The molecular weight excluding hydrogens is 358 g/mol. The van der Waals surface area contributed by atoms with E-state index in [0.717, 1.165) is 55.8 Å². The third-order valence-corrected chi connectivity index (χ3v) is 5.34. The zero-order chi connectivity index (χ0) is 18.1. The quantitative estimate of drug-likeness (QED) is 0.268. The number of carbonyl (C=O) groups excluding carboxylic acids is 1. The molecule has 1 heterocycles. The monoisotopic (exact) mass is 383 g/mol. The molecule has 0 radical (unpaired) electrons. The van der Waals surface area contributed by atoms with E-state index in [1.807, 2.05) is 24.3 Å². The molecule has 0 aromatic heterocycles. The standard InChI is InChI=1S/C18H26ClN3O2S/c1-3-20-18(22-11-8-14(9-12-22)17(23)24-2)21-10-13-25-16-6-4-15(19)5-7-16/h4-7,14H,3,8-13H2,1-2H3,(H,20,21). The van der Waals surface area contributed by atoms with Gasteiger partial charge in [0.1, 0.15) is 0 Å². The average molecular weight is 384 g/mol. The molecule has 0 spiro atoms. The molecule has 1 aromatic carbocycles. The van der Waals surface area contributed by atoms with Gasteiger partial charge in [0.25, 0.3) is 0 Å². The molecule has 0 atom stereocenters. The maximum absolute atomic E-state index is 11.6. The summed E-state index contributed by atoms with van der Waals surface area (Å²) >= 11 is 7.67. The molecule has 0 unspecified atom stereocenters. The van der Waals surface area contributed by atoms with E-state index >= 15 is 0 Å². The number of benzene rings is 1. The van der Waals surface area contributed by atoms with Crippen LogP contribution >= 0.6 is 23.4 Å². The molecule has 1 fully saturated rings. The van der Waals surface area contributed by atoms with Crippen LogP contribution in [0, 0.1) is 5.92 Å². The minimum Gasteiger partial charge on any atom is -0.469 e. The van der Waals surface area contributed by atoms with Crippen molar-refractivity contribution in [1.82, 2.24) is 10.2 Å². The lowest BCUT2D eigenvalue weighted by molar-refractivity contribution is -0.146. The SMILES string of the molecule is CCNC(=NCCSc1ccc(Cl)cc1)N1CCC(C(=O)OC)CC1. The molecule has 0 amide bonds. The first-order valence-corrected chi connectivity index (χ1v) is 9.99. The Hall–Kier alpha value is -1.40. The first-order chi connectivity index (χ1) is 12.1. The van der Waals surface area contributed by atoms with Crippen LogP contribution in [0.1, 0.15) is 19.8 Å². The van der Waals surface area contributed by atoms with Crippen LogP contribution in [0.15, 0.2) is 34.2 Å². The number of hydrogen-bond acceptors (Lipinski definition) is 4. The molecule has 1 N–H and O–H groups in total. The zero-order valence-corrected chi connectivity index (χ0v) is 16.4. The third-order valence-electron chi connectivity index (χ3n) is 4.10. The summed E-state index contributed by atoms with van der Waals surface area (Å²) in [5.74, 6) is 1.77. The second kappa shape index (κ2) is 10.6. The van der Waals surface area contributed by atoms with Crippen molar-refractivity contribution in [2.75, 3.05) is 39.0 Å². The number of likely N-dealkylation sites (tertiary alicyclic amines) is 1. The zero-order valence-electron chi connectivity index (χ0n) is 14.8. The Morgan fingerprint density at radius 1 is 1.36 bits per heavy atom.